The van der Waals surface area contributed by atoms with Gasteiger partial charge in [-0.05, 0) is 19.1 Å². The zero-order chi connectivity index (χ0) is 13.7. The van der Waals surface area contributed by atoms with Crippen LogP contribution in [-0.2, 0) is 4.74 Å². The van der Waals surface area contributed by atoms with Crippen molar-refractivity contribution < 1.29 is 9.53 Å². The highest BCUT2D eigenvalue weighted by atomic mass is 16.5. The number of rotatable bonds is 4. The van der Waals surface area contributed by atoms with E-state index in [0.29, 0.717) is 5.82 Å². The molecule has 0 saturated carbocycles. The van der Waals surface area contributed by atoms with Crippen LogP contribution < -0.4 is 11.1 Å². The highest BCUT2D eigenvalue weighted by molar-refractivity contribution is 5.92. The number of hydrogen-bond acceptors (Lipinski definition) is 6. The summed E-state index contributed by atoms with van der Waals surface area (Å²) in [7, 11) is 0. The maximum atomic E-state index is 11.9. The van der Waals surface area contributed by atoms with Gasteiger partial charge in [-0.1, -0.05) is 0 Å². The van der Waals surface area contributed by atoms with E-state index in [0.717, 1.165) is 32.8 Å². The van der Waals surface area contributed by atoms with Gasteiger partial charge >= 0.3 is 0 Å². The Bertz CT molecular complexity index is 417. The smallest absolute Gasteiger partial charge is 0.272 e. The Morgan fingerprint density at radius 2 is 2.21 bits per heavy atom. The number of nitrogens with zero attached hydrogens (tertiary/aromatic N) is 3. The zero-order valence-corrected chi connectivity index (χ0v) is 11.0. The molecule has 1 amide bonds. The molecule has 0 aliphatic carbocycles. The Balaban J connectivity index is 1.82. The molecule has 1 saturated heterocycles. The number of carbonyl (C=O) groups excluding carboxylic acids is 1. The molecule has 0 bridgehead atoms. The van der Waals surface area contributed by atoms with Crippen molar-refractivity contribution in [3.63, 3.8) is 0 Å². The third-order valence-corrected chi connectivity index (χ3v) is 2.93. The second-order valence-electron chi connectivity index (χ2n) is 4.63. The zero-order valence-electron chi connectivity index (χ0n) is 11.0. The van der Waals surface area contributed by atoms with Crippen LogP contribution in [-0.4, -0.2) is 59.9 Å². The number of hydrogen-bond donors (Lipinski definition) is 2. The van der Waals surface area contributed by atoms with E-state index in [-0.39, 0.29) is 17.6 Å². The van der Waals surface area contributed by atoms with E-state index in [2.05, 4.69) is 20.4 Å². The standard InChI is InChI=1S/C12H19N5O2/c1-9(8-17-4-6-19-7-5-17)14-12(18)10-2-3-11(13)16-15-10/h2-3,9H,4-8H2,1H3,(H2,13,16)(H,14,18). The molecule has 1 aromatic rings. The molecule has 0 spiro atoms. The Hall–Kier alpha value is -1.73. The maximum absolute atomic E-state index is 11.9. The molecule has 3 N–H and O–H groups in total. The highest BCUT2D eigenvalue weighted by Crippen LogP contribution is 2.01. The molecule has 19 heavy (non-hydrogen) atoms. The first-order valence-corrected chi connectivity index (χ1v) is 6.35. The van der Waals surface area contributed by atoms with Crippen LogP contribution in [0.4, 0.5) is 5.82 Å². The SMILES string of the molecule is CC(CN1CCOCC1)NC(=O)c1ccc(N)nn1. The summed E-state index contributed by atoms with van der Waals surface area (Å²) >= 11 is 0. The summed E-state index contributed by atoms with van der Waals surface area (Å²) in [6, 6.07) is 3.18. The van der Waals surface area contributed by atoms with E-state index in [9.17, 15) is 4.79 Å². The molecule has 104 valence electrons. The predicted octanol–water partition coefficient (Wildman–Crippen LogP) is -0.491. The summed E-state index contributed by atoms with van der Waals surface area (Å²) < 4.78 is 5.28. The van der Waals surface area contributed by atoms with Crippen molar-refractivity contribution in [2.75, 3.05) is 38.6 Å². The van der Waals surface area contributed by atoms with Crippen molar-refractivity contribution in [3.05, 3.63) is 17.8 Å². The number of nitrogen functional groups attached to an aromatic ring is 1. The molecule has 1 atom stereocenters. The number of ether oxygens (including phenoxy) is 1. The van der Waals surface area contributed by atoms with Crippen LogP contribution in [0.3, 0.4) is 0 Å². The fraction of sp³-hybridized carbons (Fsp3) is 0.583. The molecule has 1 fully saturated rings. The lowest BCUT2D eigenvalue weighted by atomic mass is 10.2. The largest absolute Gasteiger partial charge is 0.382 e. The summed E-state index contributed by atoms with van der Waals surface area (Å²) in [4.78, 5) is 14.2. The number of aromatic nitrogens is 2. The van der Waals surface area contributed by atoms with Crippen molar-refractivity contribution in [2.45, 2.75) is 13.0 Å². The molecular formula is C12H19N5O2. The van der Waals surface area contributed by atoms with Crippen molar-refractivity contribution in [3.8, 4) is 0 Å². The van der Waals surface area contributed by atoms with E-state index < -0.39 is 0 Å². The summed E-state index contributed by atoms with van der Waals surface area (Å²) in [5.41, 5.74) is 5.71. The molecule has 0 aromatic carbocycles. The third-order valence-electron chi connectivity index (χ3n) is 2.93. The second-order valence-corrected chi connectivity index (χ2v) is 4.63. The van der Waals surface area contributed by atoms with Crippen LogP contribution >= 0.6 is 0 Å². The second kappa shape index (κ2) is 6.44. The normalized spacial score (nSPS) is 17.9. The highest BCUT2D eigenvalue weighted by Gasteiger charge is 2.16. The van der Waals surface area contributed by atoms with E-state index in [1.807, 2.05) is 6.92 Å². The lowest BCUT2D eigenvalue weighted by Gasteiger charge is -2.29. The first-order chi connectivity index (χ1) is 9.15. The number of nitrogens with two attached hydrogens (primary N) is 1. The monoisotopic (exact) mass is 265 g/mol. The predicted molar refractivity (Wildman–Crippen MR) is 70.6 cm³/mol. The first-order valence-electron chi connectivity index (χ1n) is 6.35. The van der Waals surface area contributed by atoms with Crippen LogP contribution in [0.5, 0.6) is 0 Å². The molecule has 7 nitrogen and oxygen atoms in total. The molecule has 1 aliphatic rings. The lowest BCUT2D eigenvalue weighted by molar-refractivity contribution is 0.0342. The van der Waals surface area contributed by atoms with E-state index >= 15 is 0 Å². The summed E-state index contributed by atoms with van der Waals surface area (Å²) in [6.07, 6.45) is 0. The van der Waals surface area contributed by atoms with Crippen molar-refractivity contribution in [1.29, 1.82) is 0 Å². The van der Waals surface area contributed by atoms with Crippen molar-refractivity contribution in [2.24, 2.45) is 0 Å². The van der Waals surface area contributed by atoms with Gasteiger partial charge in [0.2, 0.25) is 0 Å². The Morgan fingerprint density at radius 3 is 2.84 bits per heavy atom. The number of amides is 1. The maximum Gasteiger partial charge on any atom is 0.272 e. The third kappa shape index (κ3) is 4.15. The minimum atomic E-state index is -0.228. The molecule has 1 unspecified atom stereocenters. The van der Waals surface area contributed by atoms with Crippen LogP contribution in [0.15, 0.2) is 12.1 Å². The van der Waals surface area contributed by atoms with Crippen molar-refractivity contribution in [1.82, 2.24) is 20.4 Å². The Labute approximate surface area is 112 Å². The van der Waals surface area contributed by atoms with E-state index in [1.165, 1.54) is 0 Å². The topological polar surface area (TPSA) is 93.4 Å². The lowest BCUT2D eigenvalue weighted by Crippen LogP contribution is -2.46. The average molecular weight is 265 g/mol. The molecule has 2 heterocycles. The minimum Gasteiger partial charge on any atom is -0.382 e. The average Bonchev–Trinajstić information content (AvgIpc) is 2.40. The van der Waals surface area contributed by atoms with Gasteiger partial charge in [-0.25, -0.2) is 0 Å². The fourth-order valence-corrected chi connectivity index (χ4v) is 1.98. The summed E-state index contributed by atoms with van der Waals surface area (Å²) in [5, 5.41) is 10.3. The molecular weight excluding hydrogens is 246 g/mol. The fourth-order valence-electron chi connectivity index (χ4n) is 1.98. The quantitative estimate of drug-likeness (QED) is 0.763. The van der Waals surface area contributed by atoms with Gasteiger partial charge in [0.05, 0.1) is 13.2 Å². The number of morpholine rings is 1. The Morgan fingerprint density at radius 1 is 1.47 bits per heavy atom. The van der Waals surface area contributed by atoms with Crippen LogP contribution in [0.1, 0.15) is 17.4 Å². The van der Waals surface area contributed by atoms with Crippen molar-refractivity contribution >= 4 is 11.7 Å². The molecule has 2 rings (SSSR count). The molecule has 1 aromatic heterocycles. The van der Waals surface area contributed by atoms with Gasteiger partial charge in [0.25, 0.3) is 5.91 Å². The van der Waals surface area contributed by atoms with Gasteiger partial charge in [-0.2, -0.15) is 0 Å². The Kier molecular flexibility index (Phi) is 4.64. The van der Waals surface area contributed by atoms with Gasteiger partial charge < -0.3 is 15.8 Å². The summed E-state index contributed by atoms with van der Waals surface area (Å²) in [5.74, 6) is 0.0752. The molecule has 1 aliphatic heterocycles. The van der Waals surface area contributed by atoms with Crippen LogP contribution in [0.2, 0.25) is 0 Å². The number of nitrogens with one attached hydrogen (secondary N) is 1. The number of carbonyl (C=O) groups is 1. The van der Waals surface area contributed by atoms with Gasteiger partial charge in [0, 0.05) is 25.7 Å². The van der Waals surface area contributed by atoms with Gasteiger partial charge in [-0.3, -0.25) is 9.69 Å². The van der Waals surface area contributed by atoms with Crippen LogP contribution in [0.25, 0.3) is 0 Å². The number of anilines is 1. The van der Waals surface area contributed by atoms with E-state index in [1.54, 1.807) is 12.1 Å². The first kappa shape index (κ1) is 13.7. The molecule has 7 heteroatoms. The van der Waals surface area contributed by atoms with E-state index in [4.69, 9.17) is 10.5 Å². The van der Waals surface area contributed by atoms with Crippen LogP contribution in [0, 0.1) is 0 Å². The van der Waals surface area contributed by atoms with Gasteiger partial charge in [-0.15, -0.1) is 10.2 Å². The summed E-state index contributed by atoms with van der Waals surface area (Å²) in [6.45, 7) is 6.09. The molecule has 0 radical (unpaired) electrons. The van der Waals surface area contributed by atoms with Gasteiger partial charge in [0.15, 0.2) is 5.69 Å². The van der Waals surface area contributed by atoms with Gasteiger partial charge in [0.1, 0.15) is 5.82 Å². The minimum absolute atomic E-state index is 0.0463.